The van der Waals surface area contributed by atoms with E-state index in [2.05, 4.69) is 11.6 Å². The van der Waals surface area contributed by atoms with Crippen LogP contribution in [-0.2, 0) is 6.42 Å². The Kier molecular flexibility index (Phi) is 1.65. The third kappa shape index (κ3) is 1.33. The second-order valence-electron chi connectivity index (χ2n) is 3.04. The van der Waals surface area contributed by atoms with Crippen LogP contribution < -0.4 is 5.73 Å². The van der Waals surface area contributed by atoms with E-state index in [1.807, 2.05) is 0 Å². The maximum absolute atomic E-state index is 12.8. The van der Waals surface area contributed by atoms with E-state index in [0.717, 1.165) is 11.3 Å². The largest absolute Gasteiger partial charge is 0.383 e. The van der Waals surface area contributed by atoms with Crippen LogP contribution in [0, 0.1) is 5.82 Å². The van der Waals surface area contributed by atoms with Gasteiger partial charge >= 0.3 is 0 Å². The molecule has 2 rings (SSSR count). The molecule has 0 atom stereocenters. The highest BCUT2D eigenvalue weighted by molar-refractivity contribution is 6.00. The first kappa shape index (κ1) is 7.98. The normalized spacial score (nSPS) is 15.2. The molecule has 0 aliphatic carbocycles. The fraction of sp³-hybridized carbons (Fsp3) is 0.100. The zero-order valence-corrected chi connectivity index (χ0v) is 7.05. The Balaban J connectivity index is 2.60. The lowest BCUT2D eigenvalue weighted by atomic mass is 10.00. The second-order valence-corrected chi connectivity index (χ2v) is 3.04. The van der Waals surface area contributed by atoms with E-state index in [1.54, 1.807) is 6.07 Å². The maximum atomic E-state index is 12.8. The van der Waals surface area contributed by atoms with Crippen LogP contribution in [0.4, 0.5) is 4.39 Å². The smallest absolute Gasteiger partial charge is 0.131 e. The van der Waals surface area contributed by atoms with E-state index >= 15 is 0 Å². The van der Waals surface area contributed by atoms with Crippen molar-refractivity contribution in [2.24, 2.45) is 10.7 Å². The highest BCUT2D eigenvalue weighted by atomic mass is 19.1. The van der Waals surface area contributed by atoms with Gasteiger partial charge in [-0.3, -0.25) is 0 Å². The molecule has 13 heavy (non-hydrogen) atoms. The molecule has 0 bridgehead atoms. The lowest BCUT2D eigenvalue weighted by molar-refractivity contribution is 0.626. The van der Waals surface area contributed by atoms with Crippen LogP contribution in [0.2, 0.25) is 0 Å². The molecule has 0 amide bonds. The third-order valence-corrected chi connectivity index (χ3v) is 2.02. The number of halogens is 1. The number of allylic oxidation sites excluding steroid dienone is 1. The van der Waals surface area contributed by atoms with E-state index in [-0.39, 0.29) is 5.82 Å². The summed E-state index contributed by atoms with van der Waals surface area (Å²) < 4.78 is 12.8. The zero-order chi connectivity index (χ0) is 9.42. The van der Waals surface area contributed by atoms with E-state index in [4.69, 9.17) is 5.73 Å². The standard InChI is InChI=1S/C10H9FN2/c1-6-4-7-2-3-8(11)5-9(7)10(12)13-6/h2-3,5H,1,4H2,(H2,12,13). The van der Waals surface area contributed by atoms with Crippen LogP contribution in [0.25, 0.3) is 0 Å². The number of nitrogens with zero attached hydrogens (tertiary/aromatic N) is 1. The van der Waals surface area contributed by atoms with Crippen molar-refractivity contribution in [2.45, 2.75) is 6.42 Å². The molecular weight excluding hydrogens is 167 g/mol. The van der Waals surface area contributed by atoms with Crippen molar-refractivity contribution in [3.63, 3.8) is 0 Å². The summed E-state index contributed by atoms with van der Waals surface area (Å²) in [5, 5.41) is 0. The molecule has 0 saturated heterocycles. The predicted octanol–water partition coefficient (Wildman–Crippen LogP) is 1.60. The van der Waals surface area contributed by atoms with Gasteiger partial charge in [-0.25, -0.2) is 9.38 Å². The molecule has 1 aromatic rings. The summed E-state index contributed by atoms with van der Waals surface area (Å²) in [5.41, 5.74) is 8.02. The minimum atomic E-state index is -0.288. The number of rotatable bonds is 0. The van der Waals surface area contributed by atoms with Crippen LogP contribution in [-0.4, -0.2) is 5.84 Å². The number of amidine groups is 1. The van der Waals surface area contributed by atoms with Gasteiger partial charge in [0.1, 0.15) is 11.7 Å². The zero-order valence-electron chi connectivity index (χ0n) is 7.05. The monoisotopic (exact) mass is 176 g/mol. The Hall–Kier alpha value is -1.64. The highest BCUT2D eigenvalue weighted by Crippen LogP contribution is 2.20. The van der Waals surface area contributed by atoms with Crippen molar-refractivity contribution in [3.8, 4) is 0 Å². The molecule has 66 valence electrons. The lowest BCUT2D eigenvalue weighted by Gasteiger charge is -2.14. The highest BCUT2D eigenvalue weighted by Gasteiger charge is 2.13. The maximum Gasteiger partial charge on any atom is 0.131 e. The number of nitrogens with two attached hydrogens (primary N) is 1. The van der Waals surface area contributed by atoms with Gasteiger partial charge < -0.3 is 5.73 Å². The first-order valence-electron chi connectivity index (χ1n) is 3.97. The summed E-state index contributed by atoms with van der Waals surface area (Å²) in [6.45, 7) is 3.72. The Bertz CT molecular complexity index is 407. The molecule has 0 saturated carbocycles. The molecule has 3 heteroatoms. The average molecular weight is 176 g/mol. The molecular formula is C10H9FN2. The van der Waals surface area contributed by atoms with Gasteiger partial charge in [0.15, 0.2) is 0 Å². The summed E-state index contributed by atoms with van der Waals surface area (Å²) in [5.74, 6) is 0.0650. The summed E-state index contributed by atoms with van der Waals surface area (Å²) in [7, 11) is 0. The van der Waals surface area contributed by atoms with Gasteiger partial charge in [0.05, 0.1) is 0 Å². The first-order valence-corrected chi connectivity index (χ1v) is 3.97. The van der Waals surface area contributed by atoms with E-state index in [0.29, 0.717) is 17.8 Å². The van der Waals surface area contributed by atoms with Gasteiger partial charge in [0.2, 0.25) is 0 Å². The lowest BCUT2D eigenvalue weighted by Crippen LogP contribution is -2.20. The Morgan fingerprint density at radius 1 is 1.46 bits per heavy atom. The Labute approximate surface area is 75.6 Å². The third-order valence-electron chi connectivity index (χ3n) is 2.02. The molecule has 0 aromatic heterocycles. The van der Waals surface area contributed by atoms with Crippen molar-refractivity contribution in [3.05, 3.63) is 47.4 Å². The summed E-state index contributed by atoms with van der Waals surface area (Å²) in [4.78, 5) is 4.00. The molecule has 2 nitrogen and oxygen atoms in total. The van der Waals surface area contributed by atoms with Gasteiger partial charge in [-0.15, -0.1) is 0 Å². The SMILES string of the molecule is C=C1Cc2ccc(F)cc2C(N)=N1. The fourth-order valence-corrected chi connectivity index (χ4v) is 1.43. The number of benzene rings is 1. The van der Waals surface area contributed by atoms with Crippen molar-refractivity contribution >= 4 is 5.84 Å². The minimum Gasteiger partial charge on any atom is -0.383 e. The van der Waals surface area contributed by atoms with Crippen molar-refractivity contribution in [2.75, 3.05) is 0 Å². The quantitative estimate of drug-likeness (QED) is 0.640. The summed E-state index contributed by atoms with van der Waals surface area (Å²) in [6.07, 6.45) is 0.649. The van der Waals surface area contributed by atoms with Crippen LogP contribution in [0.3, 0.4) is 0 Å². The number of hydrogen-bond donors (Lipinski definition) is 1. The van der Waals surface area contributed by atoms with Crippen LogP contribution in [0.1, 0.15) is 11.1 Å². The minimum absolute atomic E-state index is 0.288. The van der Waals surface area contributed by atoms with Gasteiger partial charge in [0, 0.05) is 17.7 Å². The molecule has 1 aliphatic rings. The Morgan fingerprint density at radius 3 is 3.00 bits per heavy atom. The van der Waals surface area contributed by atoms with Gasteiger partial charge in [-0.1, -0.05) is 12.6 Å². The Morgan fingerprint density at radius 2 is 2.23 bits per heavy atom. The molecule has 0 radical (unpaired) electrons. The molecule has 1 aromatic carbocycles. The number of fused-ring (bicyclic) bond motifs is 1. The van der Waals surface area contributed by atoms with E-state index in [9.17, 15) is 4.39 Å². The second kappa shape index (κ2) is 2.69. The summed E-state index contributed by atoms with van der Waals surface area (Å²) >= 11 is 0. The number of hydrogen-bond acceptors (Lipinski definition) is 2. The van der Waals surface area contributed by atoms with Crippen LogP contribution in [0.5, 0.6) is 0 Å². The molecule has 0 spiro atoms. The van der Waals surface area contributed by atoms with E-state index in [1.165, 1.54) is 12.1 Å². The van der Waals surface area contributed by atoms with Crippen molar-refractivity contribution in [1.82, 2.24) is 0 Å². The van der Waals surface area contributed by atoms with Gasteiger partial charge in [-0.2, -0.15) is 0 Å². The van der Waals surface area contributed by atoms with Gasteiger partial charge in [-0.05, 0) is 17.7 Å². The topological polar surface area (TPSA) is 38.4 Å². The number of aliphatic imine (C=N–C) groups is 1. The molecule has 1 aliphatic heterocycles. The average Bonchev–Trinajstić information content (AvgIpc) is 2.06. The predicted molar refractivity (Wildman–Crippen MR) is 50.0 cm³/mol. The summed E-state index contributed by atoms with van der Waals surface area (Å²) in [6, 6.07) is 4.54. The molecule has 1 heterocycles. The fourth-order valence-electron chi connectivity index (χ4n) is 1.43. The van der Waals surface area contributed by atoms with Crippen LogP contribution >= 0.6 is 0 Å². The van der Waals surface area contributed by atoms with Crippen molar-refractivity contribution < 1.29 is 4.39 Å². The first-order chi connectivity index (χ1) is 6.16. The van der Waals surface area contributed by atoms with Crippen LogP contribution in [0.15, 0.2) is 35.5 Å². The molecule has 0 fully saturated rings. The molecule has 0 unspecified atom stereocenters. The van der Waals surface area contributed by atoms with Gasteiger partial charge in [0.25, 0.3) is 0 Å². The van der Waals surface area contributed by atoms with Crippen molar-refractivity contribution in [1.29, 1.82) is 0 Å². The molecule has 2 N–H and O–H groups in total. The van der Waals surface area contributed by atoms with E-state index < -0.39 is 0 Å².